The summed E-state index contributed by atoms with van der Waals surface area (Å²) in [6.45, 7) is 6.25. The van der Waals surface area contributed by atoms with Crippen molar-refractivity contribution < 1.29 is 19.4 Å². The van der Waals surface area contributed by atoms with Gasteiger partial charge in [0.1, 0.15) is 5.60 Å². The molecule has 2 atom stereocenters. The van der Waals surface area contributed by atoms with E-state index in [4.69, 9.17) is 4.74 Å². The predicted molar refractivity (Wildman–Crippen MR) is 65.2 cm³/mol. The molecule has 0 radical (unpaired) electrons. The van der Waals surface area contributed by atoms with Gasteiger partial charge in [0.15, 0.2) is 0 Å². The van der Waals surface area contributed by atoms with Crippen LogP contribution < -0.4 is 0 Å². The van der Waals surface area contributed by atoms with Gasteiger partial charge in [0.25, 0.3) is 0 Å². The number of fused-ring (bicyclic) bond motifs is 1. The zero-order valence-electron chi connectivity index (χ0n) is 11.2. The van der Waals surface area contributed by atoms with E-state index in [1.807, 2.05) is 20.8 Å². The van der Waals surface area contributed by atoms with Gasteiger partial charge in [-0.25, -0.2) is 4.79 Å². The SMILES string of the molecule is CC(C)(C)OC(=O)N1CC2CCC[C@@]2(C(=O)O)C1. The van der Waals surface area contributed by atoms with Gasteiger partial charge in [0.2, 0.25) is 0 Å². The molecule has 5 nitrogen and oxygen atoms in total. The van der Waals surface area contributed by atoms with Crippen LogP contribution in [0.15, 0.2) is 0 Å². The summed E-state index contributed by atoms with van der Waals surface area (Å²) < 4.78 is 5.31. The van der Waals surface area contributed by atoms with Gasteiger partial charge in [0, 0.05) is 13.1 Å². The number of amides is 1. The van der Waals surface area contributed by atoms with Crippen LogP contribution in [-0.4, -0.2) is 40.8 Å². The molecule has 0 bridgehead atoms. The second-order valence-electron chi connectivity index (χ2n) is 6.41. The van der Waals surface area contributed by atoms with Crippen LogP contribution in [-0.2, 0) is 9.53 Å². The number of carbonyl (C=O) groups is 2. The standard InChI is InChI=1S/C13H21NO4/c1-12(2,3)18-11(17)14-7-9-5-4-6-13(9,8-14)10(15)16/h9H,4-8H2,1-3H3,(H,15,16)/t9?,13-/m1/s1. The first-order chi connectivity index (χ1) is 8.24. The molecule has 2 fully saturated rings. The maximum Gasteiger partial charge on any atom is 0.410 e. The predicted octanol–water partition coefficient (Wildman–Crippen LogP) is 2.11. The van der Waals surface area contributed by atoms with Crippen LogP contribution in [0.3, 0.4) is 0 Å². The maximum absolute atomic E-state index is 12.0. The first-order valence-electron chi connectivity index (χ1n) is 6.46. The minimum atomic E-state index is -0.768. The van der Waals surface area contributed by atoms with Gasteiger partial charge < -0.3 is 14.7 Å². The van der Waals surface area contributed by atoms with Crippen LogP contribution in [0.2, 0.25) is 0 Å². The van der Waals surface area contributed by atoms with Gasteiger partial charge in [-0.3, -0.25) is 4.79 Å². The summed E-state index contributed by atoms with van der Waals surface area (Å²) in [5, 5.41) is 9.43. The van der Waals surface area contributed by atoms with Crippen molar-refractivity contribution in [1.82, 2.24) is 4.90 Å². The van der Waals surface area contributed by atoms with Gasteiger partial charge in [-0.1, -0.05) is 6.42 Å². The van der Waals surface area contributed by atoms with E-state index >= 15 is 0 Å². The van der Waals surface area contributed by atoms with Crippen LogP contribution in [0.25, 0.3) is 0 Å². The molecule has 0 aromatic carbocycles. The Kier molecular flexibility index (Phi) is 3.03. The van der Waals surface area contributed by atoms with Crippen molar-refractivity contribution in [3.8, 4) is 0 Å². The second kappa shape index (κ2) is 4.14. The molecule has 0 aromatic heterocycles. The van der Waals surface area contributed by atoms with Crippen LogP contribution in [0.4, 0.5) is 4.79 Å². The van der Waals surface area contributed by atoms with Gasteiger partial charge in [-0.15, -0.1) is 0 Å². The molecular weight excluding hydrogens is 234 g/mol. The van der Waals surface area contributed by atoms with E-state index in [0.29, 0.717) is 19.5 Å². The molecule has 1 heterocycles. The number of likely N-dealkylation sites (tertiary alicyclic amines) is 1. The zero-order valence-corrected chi connectivity index (χ0v) is 11.2. The minimum Gasteiger partial charge on any atom is -0.481 e. The van der Waals surface area contributed by atoms with Crippen LogP contribution >= 0.6 is 0 Å². The first-order valence-corrected chi connectivity index (χ1v) is 6.46. The Morgan fingerprint density at radius 2 is 2.06 bits per heavy atom. The van der Waals surface area contributed by atoms with Crippen molar-refractivity contribution >= 4 is 12.1 Å². The van der Waals surface area contributed by atoms with Crippen molar-refractivity contribution in [1.29, 1.82) is 0 Å². The largest absolute Gasteiger partial charge is 0.481 e. The molecule has 5 heteroatoms. The first kappa shape index (κ1) is 13.2. The topological polar surface area (TPSA) is 66.8 Å². The number of ether oxygens (including phenoxy) is 1. The third kappa shape index (κ3) is 2.18. The Hall–Kier alpha value is -1.26. The average molecular weight is 255 g/mol. The summed E-state index contributed by atoms with van der Waals surface area (Å²) >= 11 is 0. The van der Waals surface area contributed by atoms with Crippen molar-refractivity contribution in [3.63, 3.8) is 0 Å². The monoisotopic (exact) mass is 255 g/mol. The fourth-order valence-corrected chi connectivity index (χ4v) is 3.10. The lowest BCUT2D eigenvalue weighted by Crippen LogP contribution is -2.39. The molecule has 1 amide bonds. The number of nitrogens with zero attached hydrogens (tertiary/aromatic N) is 1. The molecule has 1 saturated carbocycles. The number of hydrogen-bond acceptors (Lipinski definition) is 3. The van der Waals surface area contributed by atoms with E-state index in [0.717, 1.165) is 12.8 Å². The van der Waals surface area contributed by atoms with Crippen molar-refractivity contribution in [2.75, 3.05) is 13.1 Å². The Balaban J connectivity index is 2.08. The number of rotatable bonds is 1. The summed E-state index contributed by atoms with van der Waals surface area (Å²) in [5.41, 5.74) is -1.26. The van der Waals surface area contributed by atoms with E-state index in [1.54, 1.807) is 4.90 Å². The molecule has 2 rings (SSSR count). The highest BCUT2D eigenvalue weighted by molar-refractivity contribution is 5.79. The van der Waals surface area contributed by atoms with Gasteiger partial charge in [-0.05, 0) is 39.5 Å². The lowest BCUT2D eigenvalue weighted by molar-refractivity contribution is -0.149. The van der Waals surface area contributed by atoms with E-state index in [9.17, 15) is 14.7 Å². The zero-order chi connectivity index (χ0) is 13.6. The van der Waals surface area contributed by atoms with Crippen LogP contribution in [0, 0.1) is 11.3 Å². The number of carboxylic acids is 1. The molecule has 1 aliphatic carbocycles. The summed E-state index contributed by atoms with van der Waals surface area (Å²) in [6, 6.07) is 0. The minimum absolute atomic E-state index is 0.0857. The Morgan fingerprint density at radius 1 is 1.39 bits per heavy atom. The highest BCUT2D eigenvalue weighted by Gasteiger charge is 2.56. The normalized spacial score (nSPS) is 31.3. The number of hydrogen-bond donors (Lipinski definition) is 1. The van der Waals surface area contributed by atoms with Crippen LogP contribution in [0.1, 0.15) is 40.0 Å². The van der Waals surface area contributed by atoms with Crippen molar-refractivity contribution in [2.45, 2.75) is 45.6 Å². The van der Waals surface area contributed by atoms with E-state index in [-0.39, 0.29) is 5.92 Å². The molecule has 0 aromatic rings. The van der Waals surface area contributed by atoms with Crippen LogP contribution in [0.5, 0.6) is 0 Å². The smallest absolute Gasteiger partial charge is 0.410 e. The lowest BCUT2D eigenvalue weighted by Gasteiger charge is -2.26. The summed E-state index contributed by atoms with van der Waals surface area (Å²) in [5.74, 6) is -0.682. The fraction of sp³-hybridized carbons (Fsp3) is 0.846. The van der Waals surface area contributed by atoms with E-state index < -0.39 is 23.1 Å². The third-order valence-electron chi connectivity index (χ3n) is 3.95. The molecular formula is C13H21NO4. The number of aliphatic carboxylic acids is 1. The number of carbonyl (C=O) groups excluding carboxylic acids is 1. The van der Waals surface area contributed by atoms with E-state index in [1.165, 1.54) is 0 Å². The average Bonchev–Trinajstić information content (AvgIpc) is 2.69. The van der Waals surface area contributed by atoms with E-state index in [2.05, 4.69) is 0 Å². The quantitative estimate of drug-likeness (QED) is 0.779. The second-order valence-corrected chi connectivity index (χ2v) is 6.41. The molecule has 1 aliphatic heterocycles. The van der Waals surface area contributed by atoms with Crippen molar-refractivity contribution in [3.05, 3.63) is 0 Å². The highest BCUT2D eigenvalue weighted by atomic mass is 16.6. The summed E-state index contributed by atoms with van der Waals surface area (Å²) in [6.07, 6.45) is 2.12. The third-order valence-corrected chi connectivity index (χ3v) is 3.95. The molecule has 1 N–H and O–H groups in total. The molecule has 2 aliphatic rings. The fourth-order valence-electron chi connectivity index (χ4n) is 3.10. The molecule has 0 spiro atoms. The molecule has 1 saturated heterocycles. The lowest BCUT2D eigenvalue weighted by atomic mass is 9.81. The Morgan fingerprint density at radius 3 is 2.56 bits per heavy atom. The van der Waals surface area contributed by atoms with Gasteiger partial charge >= 0.3 is 12.1 Å². The Labute approximate surface area is 107 Å². The van der Waals surface area contributed by atoms with Gasteiger partial charge in [0.05, 0.1) is 5.41 Å². The molecule has 102 valence electrons. The summed E-state index contributed by atoms with van der Waals surface area (Å²) in [4.78, 5) is 25.0. The van der Waals surface area contributed by atoms with Crippen molar-refractivity contribution in [2.24, 2.45) is 11.3 Å². The molecule has 18 heavy (non-hydrogen) atoms. The molecule has 1 unspecified atom stereocenters. The summed E-state index contributed by atoms with van der Waals surface area (Å²) in [7, 11) is 0. The van der Waals surface area contributed by atoms with Gasteiger partial charge in [-0.2, -0.15) is 0 Å². The maximum atomic E-state index is 12.0. The Bertz CT molecular complexity index is 374. The highest BCUT2D eigenvalue weighted by Crippen LogP contribution is 2.49. The number of carboxylic acid groups (broad SMARTS) is 1.